The van der Waals surface area contributed by atoms with Crippen LogP contribution in [0.2, 0.25) is 0 Å². The van der Waals surface area contributed by atoms with E-state index in [9.17, 15) is 4.79 Å². The second-order valence-electron chi connectivity index (χ2n) is 2.32. The maximum atomic E-state index is 11.3. The minimum absolute atomic E-state index is 0.131. The first kappa shape index (κ1) is 11.4. The molecular weight excluding hydrogens is 218 g/mol. The van der Waals surface area contributed by atoms with Crippen molar-refractivity contribution in [3.05, 3.63) is 25.3 Å². The highest BCUT2D eigenvalue weighted by Crippen LogP contribution is 1.97. The van der Waals surface area contributed by atoms with Gasteiger partial charge in [0.2, 0.25) is 5.91 Å². The summed E-state index contributed by atoms with van der Waals surface area (Å²) in [5.74, 6) is 0.131. The number of nitrogens with zero attached hydrogens (tertiary/aromatic N) is 1. The van der Waals surface area contributed by atoms with Gasteiger partial charge in [-0.2, -0.15) is 0 Å². The molecule has 0 aromatic heterocycles. The van der Waals surface area contributed by atoms with Gasteiger partial charge >= 0.3 is 0 Å². The van der Waals surface area contributed by atoms with Gasteiger partial charge in [-0.3, -0.25) is 4.79 Å². The number of carbonyl (C=O) groups is 1. The molecule has 0 bridgehead atoms. The average molecular weight is 232 g/mol. The fraction of sp³-hybridized carbons (Fsp3) is 0.444. The highest BCUT2D eigenvalue weighted by atomic mass is 79.9. The molecule has 0 aliphatic rings. The van der Waals surface area contributed by atoms with Crippen molar-refractivity contribution >= 4 is 21.8 Å². The molecule has 0 N–H and O–H groups in total. The summed E-state index contributed by atoms with van der Waals surface area (Å²) in [5, 5.41) is 0.705. The third kappa shape index (κ3) is 4.34. The molecule has 12 heavy (non-hydrogen) atoms. The molecule has 0 heterocycles. The van der Waals surface area contributed by atoms with Crippen LogP contribution in [0.4, 0.5) is 0 Å². The van der Waals surface area contributed by atoms with Crippen LogP contribution in [0.15, 0.2) is 25.3 Å². The Morgan fingerprint density at radius 2 is 1.83 bits per heavy atom. The van der Waals surface area contributed by atoms with Crippen molar-refractivity contribution in [2.45, 2.75) is 6.42 Å². The van der Waals surface area contributed by atoms with Crippen molar-refractivity contribution in [2.24, 2.45) is 0 Å². The first-order chi connectivity index (χ1) is 5.76. The van der Waals surface area contributed by atoms with Gasteiger partial charge in [-0.25, -0.2) is 0 Å². The quantitative estimate of drug-likeness (QED) is 0.506. The van der Waals surface area contributed by atoms with E-state index < -0.39 is 0 Å². The van der Waals surface area contributed by atoms with E-state index in [2.05, 4.69) is 29.1 Å². The lowest BCUT2D eigenvalue weighted by Gasteiger charge is -2.18. The maximum absolute atomic E-state index is 11.3. The molecule has 1 amide bonds. The second kappa shape index (κ2) is 7.10. The highest BCUT2D eigenvalue weighted by molar-refractivity contribution is 9.09. The molecule has 0 aliphatic heterocycles. The Labute approximate surface area is 82.1 Å². The third-order valence-corrected chi connectivity index (χ3v) is 1.76. The van der Waals surface area contributed by atoms with E-state index in [0.717, 1.165) is 0 Å². The van der Waals surface area contributed by atoms with Crippen LogP contribution in [-0.4, -0.2) is 29.2 Å². The topological polar surface area (TPSA) is 20.3 Å². The summed E-state index contributed by atoms with van der Waals surface area (Å²) < 4.78 is 0. The van der Waals surface area contributed by atoms with Crippen molar-refractivity contribution in [3.63, 3.8) is 0 Å². The van der Waals surface area contributed by atoms with Gasteiger partial charge in [-0.1, -0.05) is 28.1 Å². The largest absolute Gasteiger partial charge is 0.335 e. The lowest BCUT2D eigenvalue weighted by Crippen LogP contribution is -2.31. The summed E-state index contributed by atoms with van der Waals surface area (Å²) in [6.07, 6.45) is 3.97. The van der Waals surface area contributed by atoms with Crippen LogP contribution in [0.5, 0.6) is 0 Å². The molecule has 0 aliphatic carbocycles. The summed E-state index contributed by atoms with van der Waals surface area (Å²) in [6.45, 7) is 8.36. The summed E-state index contributed by atoms with van der Waals surface area (Å²) in [7, 11) is 0. The Morgan fingerprint density at radius 3 is 2.17 bits per heavy atom. The van der Waals surface area contributed by atoms with Gasteiger partial charge < -0.3 is 4.90 Å². The number of amides is 1. The maximum Gasteiger partial charge on any atom is 0.223 e. The number of alkyl halides is 1. The number of carbonyl (C=O) groups excluding carboxylic acids is 1. The monoisotopic (exact) mass is 231 g/mol. The standard InChI is InChI=1S/C9H14BrNO/c1-3-7-11(8-4-2)9(12)5-6-10/h3-4H,1-2,5-8H2. The highest BCUT2D eigenvalue weighted by Gasteiger charge is 2.08. The van der Waals surface area contributed by atoms with Crippen LogP contribution < -0.4 is 0 Å². The molecule has 0 aromatic carbocycles. The molecule has 0 rings (SSSR count). The molecule has 0 saturated carbocycles. The van der Waals surface area contributed by atoms with E-state index in [1.807, 2.05) is 0 Å². The van der Waals surface area contributed by atoms with E-state index in [4.69, 9.17) is 0 Å². The third-order valence-electron chi connectivity index (χ3n) is 1.36. The molecule has 0 spiro atoms. The van der Waals surface area contributed by atoms with Crippen molar-refractivity contribution in [1.82, 2.24) is 4.90 Å². The Hall–Kier alpha value is -0.570. The minimum atomic E-state index is 0.131. The van der Waals surface area contributed by atoms with Gasteiger partial charge in [0.1, 0.15) is 0 Å². The Balaban J connectivity index is 3.97. The zero-order valence-electron chi connectivity index (χ0n) is 7.13. The Kier molecular flexibility index (Phi) is 6.76. The van der Waals surface area contributed by atoms with Gasteiger partial charge in [-0.15, -0.1) is 13.2 Å². The van der Waals surface area contributed by atoms with Gasteiger partial charge in [0.05, 0.1) is 0 Å². The van der Waals surface area contributed by atoms with Crippen LogP contribution in [-0.2, 0) is 4.79 Å². The molecule has 0 saturated heterocycles. The molecule has 2 nitrogen and oxygen atoms in total. The molecule has 0 atom stereocenters. The molecular formula is C9H14BrNO. The van der Waals surface area contributed by atoms with Gasteiger partial charge in [-0.05, 0) is 0 Å². The summed E-state index contributed by atoms with van der Waals surface area (Å²) in [4.78, 5) is 13.0. The van der Waals surface area contributed by atoms with Crippen LogP contribution >= 0.6 is 15.9 Å². The molecule has 0 fully saturated rings. The second-order valence-corrected chi connectivity index (χ2v) is 3.11. The first-order valence-electron chi connectivity index (χ1n) is 3.81. The fourth-order valence-electron chi connectivity index (χ4n) is 0.829. The van der Waals surface area contributed by atoms with Crippen LogP contribution in [0, 0.1) is 0 Å². The smallest absolute Gasteiger partial charge is 0.223 e. The van der Waals surface area contributed by atoms with E-state index in [1.165, 1.54) is 0 Å². The van der Waals surface area contributed by atoms with Crippen LogP contribution in [0.25, 0.3) is 0 Å². The Morgan fingerprint density at radius 1 is 1.33 bits per heavy atom. The van der Waals surface area contributed by atoms with Gasteiger partial charge in [0.25, 0.3) is 0 Å². The normalized spacial score (nSPS) is 9.08. The average Bonchev–Trinajstić information content (AvgIpc) is 2.04. The number of hydrogen-bond acceptors (Lipinski definition) is 1. The van der Waals surface area contributed by atoms with Crippen molar-refractivity contribution in [3.8, 4) is 0 Å². The van der Waals surface area contributed by atoms with E-state index in [-0.39, 0.29) is 5.91 Å². The van der Waals surface area contributed by atoms with Crippen molar-refractivity contribution < 1.29 is 4.79 Å². The Bertz CT molecular complexity index is 158. The summed E-state index contributed by atoms with van der Waals surface area (Å²) in [5.41, 5.74) is 0. The SMILES string of the molecule is C=CCN(CC=C)C(=O)CCBr. The lowest BCUT2D eigenvalue weighted by molar-refractivity contribution is -0.129. The van der Waals surface area contributed by atoms with E-state index in [1.54, 1.807) is 17.1 Å². The molecule has 0 unspecified atom stereocenters. The molecule has 0 aromatic rings. The van der Waals surface area contributed by atoms with Crippen molar-refractivity contribution in [1.29, 1.82) is 0 Å². The molecule has 68 valence electrons. The van der Waals surface area contributed by atoms with Gasteiger partial charge in [0, 0.05) is 24.8 Å². The predicted octanol–water partition coefficient (Wildman–Crippen LogP) is 1.97. The number of rotatable bonds is 6. The number of hydrogen-bond donors (Lipinski definition) is 0. The summed E-state index contributed by atoms with van der Waals surface area (Å²) in [6, 6.07) is 0. The zero-order chi connectivity index (χ0) is 9.40. The first-order valence-corrected chi connectivity index (χ1v) is 4.94. The molecule has 0 radical (unpaired) electrons. The van der Waals surface area contributed by atoms with Crippen LogP contribution in [0.3, 0.4) is 0 Å². The minimum Gasteiger partial charge on any atom is -0.335 e. The van der Waals surface area contributed by atoms with Gasteiger partial charge in [0.15, 0.2) is 0 Å². The fourth-order valence-corrected chi connectivity index (χ4v) is 1.17. The van der Waals surface area contributed by atoms with Crippen molar-refractivity contribution in [2.75, 3.05) is 18.4 Å². The van der Waals surface area contributed by atoms with E-state index >= 15 is 0 Å². The van der Waals surface area contributed by atoms with Crippen LogP contribution in [0.1, 0.15) is 6.42 Å². The number of halogens is 1. The summed E-state index contributed by atoms with van der Waals surface area (Å²) >= 11 is 3.22. The zero-order valence-corrected chi connectivity index (χ0v) is 8.72. The van der Waals surface area contributed by atoms with E-state index in [0.29, 0.717) is 24.8 Å². The lowest BCUT2D eigenvalue weighted by atomic mass is 10.3. The predicted molar refractivity (Wildman–Crippen MR) is 55.4 cm³/mol. The molecule has 3 heteroatoms.